The van der Waals surface area contributed by atoms with Gasteiger partial charge in [0.1, 0.15) is 5.82 Å². The lowest BCUT2D eigenvalue weighted by atomic mass is 10.0. The smallest absolute Gasteiger partial charge is 0.307 e. The summed E-state index contributed by atoms with van der Waals surface area (Å²) < 4.78 is 27.7. The Bertz CT molecular complexity index is 546. The maximum atomic E-state index is 12.1. The first-order valence-electron chi connectivity index (χ1n) is 5.91. The second-order valence-corrected chi connectivity index (χ2v) is 6.03. The summed E-state index contributed by atoms with van der Waals surface area (Å²) in [5.41, 5.74) is 0. The van der Waals surface area contributed by atoms with Crippen LogP contribution >= 0.6 is 0 Å². The zero-order valence-electron chi connectivity index (χ0n) is 10.2. The van der Waals surface area contributed by atoms with Crippen LogP contribution in [0.1, 0.15) is 12.8 Å². The summed E-state index contributed by atoms with van der Waals surface area (Å²) >= 11 is 0. The van der Waals surface area contributed by atoms with E-state index in [-0.39, 0.29) is 12.4 Å². The molecule has 1 aromatic rings. The number of pyridine rings is 1. The molecule has 0 aromatic carbocycles. The zero-order chi connectivity index (χ0) is 13.9. The van der Waals surface area contributed by atoms with E-state index >= 15 is 0 Å². The van der Waals surface area contributed by atoms with Gasteiger partial charge in [0.2, 0.25) is 0 Å². The lowest BCUT2D eigenvalue weighted by Gasteiger charge is -2.29. The molecule has 0 spiro atoms. The number of carboxylic acids is 1. The summed E-state index contributed by atoms with van der Waals surface area (Å²) in [6.45, 7) is 0.323. The van der Waals surface area contributed by atoms with Crippen molar-refractivity contribution in [1.29, 1.82) is 0 Å². The summed E-state index contributed by atoms with van der Waals surface area (Å²) in [6.07, 6.45) is 2.53. The molecule has 1 unspecified atom stereocenters. The fourth-order valence-electron chi connectivity index (χ4n) is 1.98. The molecule has 2 rings (SSSR count). The molecule has 2 heterocycles. The topological polar surface area (TPSA) is 99.6 Å². The lowest BCUT2D eigenvalue weighted by molar-refractivity contribution is -0.142. The van der Waals surface area contributed by atoms with Crippen LogP contribution in [0.4, 0.5) is 5.82 Å². The number of nitrogens with zero attached hydrogens (tertiary/aromatic N) is 2. The predicted octanol–water partition coefficient (Wildman–Crippen LogP) is 0.535. The van der Waals surface area contributed by atoms with Gasteiger partial charge in [-0.3, -0.25) is 9.52 Å². The number of piperidine rings is 1. The fourth-order valence-corrected chi connectivity index (χ4v) is 3.24. The van der Waals surface area contributed by atoms with Crippen molar-refractivity contribution in [3.63, 3.8) is 0 Å². The molecule has 1 aliphatic rings. The van der Waals surface area contributed by atoms with Crippen molar-refractivity contribution in [3.05, 3.63) is 24.4 Å². The first-order chi connectivity index (χ1) is 8.99. The minimum atomic E-state index is -3.75. The SMILES string of the molecule is O=C(O)C1CCCN(S(=O)(=O)Nc2ccccn2)C1. The number of aliphatic carboxylic acids is 1. The quantitative estimate of drug-likeness (QED) is 0.841. The van der Waals surface area contributed by atoms with Gasteiger partial charge in [-0.15, -0.1) is 0 Å². The average molecular weight is 285 g/mol. The monoisotopic (exact) mass is 285 g/mol. The number of nitrogens with one attached hydrogen (secondary N) is 1. The molecule has 1 saturated heterocycles. The van der Waals surface area contributed by atoms with Crippen molar-refractivity contribution >= 4 is 22.0 Å². The molecular weight excluding hydrogens is 270 g/mol. The zero-order valence-corrected chi connectivity index (χ0v) is 11.0. The molecule has 1 aromatic heterocycles. The molecule has 0 saturated carbocycles. The molecule has 0 radical (unpaired) electrons. The van der Waals surface area contributed by atoms with Gasteiger partial charge in [-0.25, -0.2) is 4.98 Å². The molecule has 1 fully saturated rings. The van der Waals surface area contributed by atoms with Crippen molar-refractivity contribution in [3.8, 4) is 0 Å². The highest BCUT2D eigenvalue weighted by molar-refractivity contribution is 7.90. The lowest BCUT2D eigenvalue weighted by Crippen LogP contribution is -2.44. The summed E-state index contributed by atoms with van der Waals surface area (Å²) in [7, 11) is -3.75. The van der Waals surface area contributed by atoms with Crippen LogP contribution in [0.15, 0.2) is 24.4 Å². The van der Waals surface area contributed by atoms with Gasteiger partial charge in [0.15, 0.2) is 0 Å². The van der Waals surface area contributed by atoms with E-state index in [9.17, 15) is 13.2 Å². The Morgan fingerprint density at radius 3 is 2.89 bits per heavy atom. The first-order valence-corrected chi connectivity index (χ1v) is 7.35. The third-order valence-electron chi connectivity index (χ3n) is 2.97. The number of rotatable bonds is 4. The van der Waals surface area contributed by atoms with E-state index in [2.05, 4.69) is 9.71 Å². The Hall–Kier alpha value is -1.67. The molecule has 19 heavy (non-hydrogen) atoms. The number of hydrogen-bond acceptors (Lipinski definition) is 4. The Balaban J connectivity index is 2.09. The van der Waals surface area contributed by atoms with Gasteiger partial charge in [-0.1, -0.05) is 6.07 Å². The molecule has 7 nitrogen and oxygen atoms in total. The largest absolute Gasteiger partial charge is 0.481 e. The average Bonchev–Trinajstić information content (AvgIpc) is 2.39. The van der Waals surface area contributed by atoms with E-state index in [0.717, 1.165) is 4.31 Å². The fraction of sp³-hybridized carbons (Fsp3) is 0.455. The van der Waals surface area contributed by atoms with Gasteiger partial charge in [0.25, 0.3) is 0 Å². The number of anilines is 1. The van der Waals surface area contributed by atoms with E-state index in [1.807, 2.05) is 0 Å². The van der Waals surface area contributed by atoms with Crippen LogP contribution in [-0.2, 0) is 15.0 Å². The molecule has 2 N–H and O–H groups in total. The normalized spacial score (nSPS) is 20.9. The highest BCUT2D eigenvalue weighted by Crippen LogP contribution is 2.20. The number of carbonyl (C=O) groups is 1. The van der Waals surface area contributed by atoms with Crippen LogP contribution in [0.3, 0.4) is 0 Å². The van der Waals surface area contributed by atoms with Crippen molar-refractivity contribution in [2.24, 2.45) is 5.92 Å². The van der Waals surface area contributed by atoms with E-state index in [4.69, 9.17) is 5.11 Å². The molecule has 0 bridgehead atoms. The first kappa shape index (κ1) is 13.8. The van der Waals surface area contributed by atoms with Gasteiger partial charge in [-0.05, 0) is 25.0 Å². The van der Waals surface area contributed by atoms with Crippen LogP contribution < -0.4 is 4.72 Å². The van der Waals surface area contributed by atoms with Crippen molar-refractivity contribution in [1.82, 2.24) is 9.29 Å². The third kappa shape index (κ3) is 3.42. The van der Waals surface area contributed by atoms with Crippen LogP contribution in [0, 0.1) is 5.92 Å². The Morgan fingerprint density at radius 2 is 2.26 bits per heavy atom. The maximum absolute atomic E-state index is 12.1. The summed E-state index contributed by atoms with van der Waals surface area (Å²) in [4.78, 5) is 14.8. The molecular formula is C11H15N3O4S. The standard InChI is InChI=1S/C11H15N3O4S/c15-11(16)9-4-3-7-14(8-9)19(17,18)13-10-5-1-2-6-12-10/h1-2,5-6,9H,3-4,7-8H2,(H,12,13)(H,15,16). The van der Waals surface area contributed by atoms with Crippen molar-refractivity contribution < 1.29 is 18.3 Å². The minimum Gasteiger partial charge on any atom is -0.481 e. The van der Waals surface area contributed by atoms with E-state index < -0.39 is 22.1 Å². The van der Waals surface area contributed by atoms with Crippen molar-refractivity contribution in [2.75, 3.05) is 17.8 Å². The molecule has 0 aliphatic carbocycles. The predicted molar refractivity (Wildman–Crippen MR) is 68.7 cm³/mol. The maximum Gasteiger partial charge on any atom is 0.307 e. The second kappa shape index (κ2) is 5.54. The van der Waals surface area contributed by atoms with E-state index in [0.29, 0.717) is 19.4 Å². The van der Waals surface area contributed by atoms with Gasteiger partial charge in [-0.2, -0.15) is 12.7 Å². The Labute approximate surface area is 111 Å². The van der Waals surface area contributed by atoms with Crippen LogP contribution in [0.5, 0.6) is 0 Å². The summed E-state index contributed by atoms with van der Waals surface area (Å²) in [5, 5.41) is 8.96. The van der Waals surface area contributed by atoms with Gasteiger partial charge in [0, 0.05) is 19.3 Å². The number of hydrogen-bond donors (Lipinski definition) is 2. The summed E-state index contributed by atoms with van der Waals surface area (Å²) in [5.74, 6) is -1.38. The van der Waals surface area contributed by atoms with Crippen LogP contribution in [-0.4, -0.2) is 41.9 Å². The number of aromatic nitrogens is 1. The molecule has 0 amide bonds. The minimum absolute atomic E-state index is 0.00248. The highest BCUT2D eigenvalue weighted by Gasteiger charge is 2.32. The summed E-state index contributed by atoms with van der Waals surface area (Å²) in [6, 6.07) is 4.89. The van der Waals surface area contributed by atoms with Crippen LogP contribution in [0.25, 0.3) is 0 Å². The molecule has 104 valence electrons. The van der Waals surface area contributed by atoms with E-state index in [1.165, 1.54) is 12.3 Å². The van der Waals surface area contributed by atoms with Crippen molar-refractivity contribution in [2.45, 2.75) is 12.8 Å². The van der Waals surface area contributed by atoms with E-state index in [1.54, 1.807) is 12.1 Å². The van der Waals surface area contributed by atoms with Gasteiger partial charge < -0.3 is 5.11 Å². The van der Waals surface area contributed by atoms with Gasteiger partial charge >= 0.3 is 16.2 Å². The molecule has 1 aliphatic heterocycles. The van der Waals surface area contributed by atoms with Crippen LogP contribution in [0.2, 0.25) is 0 Å². The highest BCUT2D eigenvalue weighted by atomic mass is 32.2. The Kier molecular flexibility index (Phi) is 4.01. The Morgan fingerprint density at radius 1 is 1.47 bits per heavy atom. The third-order valence-corrected chi connectivity index (χ3v) is 4.45. The van der Waals surface area contributed by atoms with Gasteiger partial charge in [0.05, 0.1) is 5.92 Å². The second-order valence-electron chi connectivity index (χ2n) is 4.36. The molecule has 1 atom stereocenters. The number of carboxylic acid groups (broad SMARTS) is 1. The molecule has 8 heteroatoms.